The van der Waals surface area contributed by atoms with E-state index in [1.54, 1.807) is 12.1 Å². The third-order valence-corrected chi connectivity index (χ3v) is 2.26. The van der Waals surface area contributed by atoms with Crippen LogP contribution in [0.3, 0.4) is 0 Å². The monoisotopic (exact) mass is 239 g/mol. The molecule has 2 unspecified atom stereocenters. The lowest BCUT2D eigenvalue weighted by Crippen LogP contribution is -2.15. The quantitative estimate of drug-likeness (QED) is 0.377. The second kappa shape index (κ2) is 5.95. The molecule has 0 aromatic heterocycles. The van der Waals surface area contributed by atoms with Crippen molar-refractivity contribution in [3.05, 3.63) is 40.3 Å². The van der Waals surface area contributed by atoms with Crippen LogP contribution in [0.4, 0.5) is 0 Å². The molecule has 16 heavy (non-hydrogen) atoms. The Balaban J connectivity index is 2.95. The van der Waals surface area contributed by atoms with Gasteiger partial charge in [0.2, 0.25) is 0 Å². The molecular weight excluding hydrogens is 229 g/mol. The molecule has 0 fully saturated rings. The van der Waals surface area contributed by atoms with Crippen molar-refractivity contribution >= 4 is 15.4 Å². The number of carbonyl (C=O) groups excluding carboxylic acids is 1. The number of phenols is 1. The summed E-state index contributed by atoms with van der Waals surface area (Å²) in [7, 11) is 1.85. The number of carbonyl (C=O) groups is 1. The SMILES string of the molecule is [N-]=[N+]=NCC(C(=O)OP)c1ccc(O)cc1. The molecule has 0 saturated heterocycles. The van der Waals surface area contributed by atoms with Gasteiger partial charge in [0, 0.05) is 11.5 Å². The minimum absolute atomic E-state index is 0.0193. The number of hydrogen-bond donors (Lipinski definition) is 1. The molecule has 7 heteroatoms. The Morgan fingerprint density at radius 3 is 2.69 bits per heavy atom. The minimum Gasteiger partial charge on any atom is -0.508 e. The van der Waals surface area contributed by atoms with Crippen molar-refractivity contribution in [2.24, 2.45) is 5.11 Å². The second-order valence-corrected chi connectivity index (χ2v) is 3.23. The van der Waals surface area contributed by atoms with Gasteiger partial charge in [-0.1, -0.05) is 17.2 Å². The summed E-state index contributed by atoms with van der Waals surface area (Å²) in [6.07, 6.45) is 0. The molecule has 0 bridgehead atoms. The van der Waals surface area contributed by atoms with Crippen LogP contribution in [0.5, 0.6) is 5.75 Å². The molecule has 0 heterocycles. The van der Waals surface area contributed by atoms with Gasteiger partial charge in [-0.15, -0.1) is 0 Å². The second-order valence-electron chi connectivity index (χ2n) is 2.99. The molecule has 84 valence electrons. The summed E-state index contributed by atoms with van der Waals surface area (Å²) in [6, 6.07) is 6.06. The number of hydrogen-bond acceptors (Lipinski definition) is 4. The summed E-state index contributed by atoms with van der Waals surface area (Å²) in [5, 5.41) is 12.5. The van der Waals surface area contributed by atoms with Crippen molar-refractivity contribution in [2.75, 3.05) is 6.54 Å². The molecule has 1 aromatic rings. The first-order valence-electron chi connectivity index (χ1n) is 4.39. The Kier molecular flexibility index (Phi) is 4.58. The average molecular weight is 239 g/mol. The van der Waals surface area contributed by atoms with E-state index >= 15 is 0 Å². The highest BCUT2D eigenvalue weighted by Gasteiger charge is 2.20. The summed E-state index contributed by atoms with van der Waals surface area (Å²) in [5.41, 5.74) is 8.84. The van der Waals surface area contributed by atoms with Gasteiger partial charge in [0.05, 0.1) is 15.4 Å². The fraction of sp³-hybridized carbons (Fsp3) is 0.222. The van der Waals surface area contributed by atoms with Gasteiger partial charge in [0.15, 0.2) is 0 Å². The number of phenolic OH excluding ortho intramolecular Hbond substituents is 1. The maximum absolute atomic E-state index is 11.4. The number of aromatic hydroxyl groups is 1. The van der Waals surface area contributed by atoms with E-state index in [2.05, 4.69) is 14.5 Å². The van der Waals surface area contributed by atoms with Crippen LogP contribution < -0.4 is 0 Å². The minimum atomic E-state index is -0.658. The zero-order chi connectivity index (χ0) is 12.0. The van der Waals surface area contributed by atoms with E-state index in [0.717, 1.165) is 0 Å². The molecule has 1 N–H and O–H groups in total. The van der Waals surface area contributed by atoms with E-state index in [-0.39, 0.29) is 12.3 Å². The average Bonchev–Trinajstić information content (AvgIpc) is 2.31. The van der Waals surface area contributed by atoms with Gasteiger partial charge in [-0.2, -0.15) is 0 Å². The third-order valence-electron chi connectivity index (χ3n) is 2.02. The first kappa shape index (κ1) is 12.3. The van der Waals surface area contributed by atoms with Gasteiger partial charge in [-0.25, -0.2) is 0 Å². The van der Waals surface area contributed by atoms with Crippen molar-refractivity contribution in [3.8, 4) is 5.75 Å². The molecule has 6 nitrogen and oxygen atoms in total. The van der Waals surface area contributed by atoms with Crippen LogP contribution in [0.25, 0.3) is 10.4 Å². The Morgan fingerprint density at radius 2 is 2.19 bits per heavy atom. The Morgan fingerprint density at radius 1 is 1.56 bits per heavy atom. The van der Waals surface area contributed by atoms with Crippen LogP contribution >= 0.6 is 9.47 Å². The van der Waals surface area contributed by atoms with E-state index in [1.165, 1.54) is 12.1 Å². The molecule has 0 aliphatic rings. The Bertz CT molecular complexity index is 415. The first-order valence-corrected chi connectivity index (χ1v) is 4.86. The van der Waals surface area contributed by atoms with Crippen molar-refractivity contribution in [3.63, 3.8) is 0 Å². The van der Waals surface area contributed by atoms with Gasteiger partial charge < -0.3 is 9.63 Å². The normalized spacial score (nSPS) is 11.3. The molecule has 2 atom stereocenters. The van der Waals surface area contributed by atoms with Crippen LogP contribution in [-0.4, -0.2) is 17.6 Å². The van der Waals surface area contributed by atoms with Gasteiger partial charge in [-0.3, -0.25) is 4.79 Å². The smallest absolute Gasteiger partial charge is 0.315 e. The summed E-state index contributed by atoms with van der Waals surface area (Å²) >= 11 is 0. The van der Waals surface area contributed by atoms with Crippen molar-refractivity contribution in [1.82, 2.24) is 0 Å². The zero-order valence-corrected chi connectivity index (χ0v) is 9.43. The largest absolute Gasteiger partial charge is 0.508 e. The number of azide groups is 1. The molecule has 0 aliphatic carbocycles. The molecule has 0 saturated carbocycles. The summed E-state index contributed by atoms with van der Waals surface area (Å²) in [4.78, 5) is 14.0. The highest BCUT2D eigenvalue weighted by molar-refractivity contribution is 7.10. The lowest BCUT2D eigenvalue weighted by Gasteiger charge is -2.11. The predicted octanol–water partition coefficient (Wildman–Crippen LogP) is 2.12. The summed E-state index contributed by atoms with van der Waals surface area (Å²) in [6.45, 7) is -0.0193. The lowest BCUT2D eigenvalue weighted by molar-refractivity contribution is -0.134. The van der Waals surface area contributed by atoms with Crippen molar-refractivity contribution < 1.29 is 14.4 Å². The molecule has 1 rings (SSSR count). The number of nitrogens with zero attached hydrogens (tertiary/aromatic N) is 3. The van der Waals surface area contributed by atoms with Gasteiger partial charge in [0.25, 0.3) is 0 Å². The van der Waals surface area contributed by atoms with Gasteiger partial charge in [0.1, 0.15) is 5.75 Å². The molecule has 0 radical (unpaired) electrons. The van der Waals surface area contributed by atoms with Gasteiger partial charge >= 0.3 is 5.97 Å². The zero-order valence-electron chi connectivity index (χ0n) is 8.28. The van der Waals surface area contributed by atoms with Crippen LogP contribution in [0.1, 0.15) is 11.5 Å². The van der Waals surface area contributed by atoms with E-state index < -0.39 is 11.9 Å². The topological polar surface area (TPSA) is 95.3 Å². The van der Waals surface area contributed by atoms with Crippen LogP contribution in [-0.2, 0) is 9.32 Å². The molecular formula is C9H10N3O3P. The molecule has 0 aliphatic heterocycles. The van der Waals surface area contributed by atoms with Crippen molar-refractivity contribution in [2.45, 2.75) is 5.92 Å². The number of benzene rings is 1. The fourth-order valence-electron chi connectivity index (χ4n) is 1.22. The van der Waals surface area contributed by atoms with Crippen LogP contribution in [0.15, 0.2) is 29.4 Å². The molecule has 1 aromatic carbocycles. The lowest BCUT2D eigenvalue weighted by atomic mass is 9.99. The molecule has 0 spiro atoms. The van der Waals surface area contributed by atoms with E-state index in [1.807, 2.05) is 9.47 Å². The van der Waals surface area contributed by atoms with E-state index in [9.17, 15) is 4.79 Å². The summed E-state index contributed by atoms with van der Waals surface area (Å²) < 4.78 is 4.53. The maximum atomic E-state index is 11.4. The third kappa shape index (κ3) is 3.12. The summed E-state index contributed by atoms with van der Waals surface area (Å²) in [5.74, 6) is -1.07. The Hall–Kier alpha value is -1.77. The van der Waals surface area contributed by atoms with Crippen molar-refractivity contribution in [1.29, 1.82) is 0 Å². The van der Waals surface area contributed by atoms with Crippen LogP contribution in [0.2, 0.25) is 0 Å². The van der Waals surface area contributed by atoms with Crippen LogP contribution in [0, 0.1) is 0 Å². The standard InChI is InChI=1S/C9H10N3O3P/c10-12-11-5-8(9(14)15-16)6-1-3-7(13)4-2-6/h1-4,8,13H,5,16H2. The molecule has 0 amide bonds. The highest BCUT2D eigenvalue weighted by atomic mass is 31.0. The van der Waals surface area contributed by atoms with E-state index in [0.29, 0.717) is 5.56 Å². The van der Waals surface area contributed by atoms with E-state index in [4.69, 9.17) is 10.6 Å². The fourth-order valence-corrected chi connectivity index (χ4v) is 1.39. The highest BCUT2D eigenvalue weighted by Crippen LogP contribution is 2.21. The maximum Gasteiger partial charge on any atom is 0.315 e. The predicted molar refractivity (Wildman–Crippen MR) is 60.7 cm³/mol. The number of rotatable bonds is 4. The van der Waals surface area contributed by atoms with Gasteiger partial charge in [-0.05, 0) is 23.2 Å². The Labute approximate surface area is 94.1 Å². The first-order chi connectivity index (χ1) is 7.69.